The molecular formula is C20H23N3O2S. The van der Waals surface area contributed by atoms with Gasteiger partial charge in [0.2, 0.25) is 0 Å². The highest BCUT2D eigenvalue weighted by atomic mass is 32.2. The van der Waals surface area contributed by atoms with Crippen LogP contribution < -0.4 is 5.32 Å². The van der Waals surface area contributed by atoms with Crippen LogP contribution in [-0.2, 0) is 16.4 Å². The highest BCUT2D eigenvalue weighted by molar-refractivity contribution is 7.90. The van der Waals surface area contributed by atoms with Crippen LogP contribution in [0, 0.1) is 12.8 Å². The second-order valence-electron chi connectivity index (χ2n) is 7.18. The molecule has 2 aromatic heterocycles. The van der Waals surface area contributed by atoms with E-state index in [0.29, 0.717) is 16.4 Å². The summed E-state index contributed by atoms with van der Waals surface area (Å²) in [6, 6.07) is 9.36. The molecule has 0 bridgehead atoms. The predicted molar refractivity (Wildman–Crippen MR) is 105 cm³/mol. The molecule has 1 aromatic carbocycles. The molecule has 4 rings (SSSR count). The van der Waals surface area contributed by atoms with Crippen LogP contribution in [0.3, 0.4) is 0 Å². The van der Waals surface area contributed by atoms with Gasteiger partial charge in [-0.1, -0.05) is 25.0 Å². The van der Waals surface area contributed by atoms with Gasteiger partial charge in [-0.15, -0.1) is 0 Å². The summed E-state index contributed by atoms with van der Waals surface area (Å²) in [5.41, 5.74) is 2.60. The molecule has 0 saturated heterocycles. The molecule has 0 spiro atoms. The maximum atomic E-state index is 12.2. The summed E-state index contributed by atoms with van der Waals surface area (Å²) in [5.74, 6) is 1.57. The lowest BCUT2D eigenvalue weighted by molar-refractivity contribution is 0.602. The third-order valence-electron chi connectivity index (χ3n) is 5.05. The lowest BCUT2D eigenvalue weighted by atomic mass is 10.2. The minimum atomic E-state index is -3.33. The number of pyridine rings is 1. The number of hydrogen-bond donors (Lipinski definition) is 1. The van der Waals surface area contributed by atoms with E-state index >= 15 is 0 Å². The standard InChI is InChI=1S/C20H23N3O2S/c1-14-4-3-5-18(26(2,24)25)19(14)22-20-16-10-13-23(12-9-15-6-7-15)17(16)8-11-21-20/h3-5,8,10-11,13,15H,6-7,9,12H2,1-2H3,(H,21,22). The van der Waals surface area contributed by atoms with E-state index < -0.39 is 9.84 Å². The van der Waals surface area contributed by atoms with E-state index in [9.17, 15) is 8.42 Å². The molecule has 1 aliphatic carbocycles. The van der Waals surface area contributed by atoms with E-state index in [-0.39, 0.29) is 0 Å². The quantitative estimate of drug-likeness (QED) is 0.704. The van der Waals surface area contributed by atoms with Gasteiger partial charge in [0.25, 0.3) is 0 Å². The predicted octanol–water partition coefficient (Wildman–Crippen LogP) is 4.29. The highest BCUT2D eigenvalue weighted by Gasteiger charge is 2.21. The second-order valence-corrected chi connectivity index (χ2v) is 9.16. The van der Waals surface area contributed by atoms with Crippen LogP contribution in [0.1, 0.15) is 24.8 Å². The molecular weight excluding hydrogens is 346 g/mol. The third-order valence-corrected chi connectivity index (χ3v) is 6.19. The Hall–Kier alpha value is -2.34. The molecule has 0 amide bonds. The van der Waals surface area contributed by atoms with E-state index in [2.05, 4.69) is 27.1 Å². The van der Waals surface area contributed by atoms with Gasteiger partial charge in [0, 0.05) is 30.6 Å². The fraction of sp³-hybridized carbons (Fsp3) is 0.350. The Kier molecular flexibility index (Phi) is 4.23. The number of aromatic nitrogens is 2. The van der Waals surface area contributed by atoms with Gasteiger partial charge in [-0.05, 0) is 43.0 Å². The van der Waals surface area contributed by atoms with Gasteiger partial charge in [0.15, 0.2) is 9.84 Å². The Morgan fingerprint density at radius 2 is 2.04 bits per heavy atom. The zero-order chi connectivity index (χ0) is 18.3. The van der Waals surface area contributed by atoms with Crippen molar-refractivity contribution < 1.29 is 8.42 Å². The first-order valence-electron chi connectivity index (χ1n) is 8.94. The van der Waals surface area contributed by atoms with E-state index in [1.165, 1.54) is 25.5 Å². The molecule has 2 heterocycles. The van der Waals surface area contributed by atoms with Crippen molar-refractivity contribution >= 4 is 32.2 Å². The number of rotatable bonds is 6. The number of nitrogens with zero attached hydrogens (tertiary/aromatic N) is 2. The Morgan fingerprint density at radius 1 is 1.23 bits per heavy atom. The number of aryl methyl sites for hydroxylation is 2. The largest absolute Gasteiger partial charge is 0.347 e. The normalized spacial score (nSPS) is 14.7. The number of benzene rings is 1. The molecule has 1 saturated carbocycles. The molecule has 0 aliphatic heterocycles. The van der Waals surface area contributed by atoms with Gasteiger partial charge >= 0.3 is 0 Å². The summed E-state index contributed by atoms with van der Waals surface area (Å²) in [7, 11) is -3.33. The molecule has 0 radical (unpaired) electrons. The molecule has 0 unspecified atom stereocenters. The van der Waals surface area contributed by atoms with Crippen molar-refractivity contribution in [2.75, 3.05) is 11.6 Å². The number of anilines is 2. The molecule has 3 aromatic rings. The van der Waals surface area contributed by atoms with E-state index in [1.54, 1.807) is 18.3 Å². The monoisotopic (exact) mass is 369 g/mol. The van der Waals surface area contributed by atoms with Crippen molar-refractivity contribution in [1.29, 1.82) is 0 Å². The smallest absolute Gasteiger partial charge is 0.177 e. The first-order valence-corrected chi connectivity index (χ1v) is 10.8. The fourth-order valence-corrected chi connectivity index (χ4v) is 4.28. The average Bonchev–Trinajstić information content (AvgIpc) is 3.33. The van der Waals surface area contributed by atoms with Crippen LogP contribution in [0.15, 0.2) is 47.6 Å². The second kappa shape index (κ2) is 6.43. The summed E-state index contributed by atoms with van der Waals surface area (Å²) in [6.45, 7) is 2.91. The molecule has 6 heteroatoms. The molecule has 1 fully saturated rings. The van der Waals surface area contributed by atoms with E-state index in [4.69, 9.17) is 0 Å². The number of para-hydroxylation sites is 1. The lowest BCUT2D eigenvalue weighted by Gasteiger charge is -2.14. The van der Waals surface area contributed by atoms with Gasteiger partial charge in [-0.3, -0.25) is 0 Å². The van der Waals surface area contributed by atoms with Crippen molar-refractivity contribution in [1.82, 2.24) is 9.55 Å². The summed E-state index contributed by atoms with van der Waals surface area (Å²) >= 11 is 0. The van der Waals surface area contributed by atoms with Crippen molar-refractivity contribution in [3.63, 3.8) is 0 Å². The first-order chi connectivity index (χ1) is 12.4. The number of nitrogens with one attached hydrogen (secondary N) is 1. The maximum absolute atomic E-state index is 12.2. The molecule has 5 nitrogen and oxygen atoms in total. The Morgan fingerprint density at radius 3 is 2.77 bits per heavy atom. The van der Waals surface area contributed by atoms with Crippen molar-refractivity contribution in [2.45, 2.75) is 37.6 Å². The van der Waals surface area contributed by atoms with Crippen LogP contribution in [0.2, 0.25) is 0 Å². The van der Waals surface area contributed by atoms with Crippen LogP contribution in [0.25, 0.3) is 10.9 Å². The third kappa shape index (κ3) is 3.33. The van der Waals surface area contributed by atoms with Crippen molar-refractivity contribution in [2.24, 2.45) is 5.92 Å². The zero-order valence-electron chi connectivity index (χ0n) is 15.1. The summed E-state index contributed by atoms with van der Waals surface area (Å²) in [4.78, 5) is 4.76. The lowest BCUT2D eigenvalue weighted by Crippen LogP contribution is -2.05. The number of hydrogen-bond acceptors (Lipinski definition) is 4. The van der Waals surface area contributed by atoms with Gasteiger partial charge in [-0.25, -0.2) is 13.4 Å². The molecule has 1 N–H and O–H groups in total. The molecule has 136 valence electrons. The highest BCUT2D eigenvalue weighted by Crippen LogP contribution is 2.34. The van der Waals surface area contributed by atoms with Crippen LogP contribution >= 0.6 is 0 Å². The fourth-order valence-electron chi connectivity index (χ4n) is 3.37. The topological polar surface area (TPSA) is 64.0 Å². The van der Waals surface area contributed by atoms with Crippen molar-refractivity contribution in [3.05, 3.63) is 48.3 Å². The first kappa shape index (κ1) is 17.1. The summed E-state index contributed by atoms with van der Waals surface area (Å²) < 4.78 is 26.6. The number of sulfone groups is 1. The number of fused-ring (bicyclic) bond motifs is 1. The minimum Gasteiger partial charge on any atom is -0.347 e. The summed E-state index contributed by atoms with van der Waals surface area (Å²) in [6.07, 6.45) is 9.02. The molecule has 26 heavy (non-hydrogen) atoms. The Bertz CT molecular complexity index is 1070. The average molecular weight is 369 g/mol. The van der Waals surface area contributed by atoms with Crippen LogP contribution in [-0.4, -0.2) is 24.2 Å². The van der Waals surface area contributed by atoms with Gasteiger partial charge < -0.3 is 9.88 Å². The Labute approximate surface area is 154 Å². The van der Waals surface area contributed by atoms with Crippen LogP contribution in [0.5, 0.6) is 0 Å². The van der Waals surface area contributed by atoms with Gasteiger partial charge in [0.1, 0.15) is 5.82 Å². The Balaban J connectivity index is 1.72. The molecule has 0 atom stereocenters. The minimum absolute atomic E-state index is 0.296. The zero-order valence-corrected chi connectivity index (χ0v) is 15.9. The molecule has 1 aliphatic rings. The van der Waals surface area contributed by atoms with E-state index in [1.807, 2.05) is 19.1 Å². The van der Waals surface area contributed by atoms with Gasteiger partial charge in [0.05, 0.1) is 16.1 Å². The van der Waals surface area contributed by atoms with Crippen LogP contribution in [0.4, 0.5) is 11.5 Å². The SMILES string of the molecule is Cc1cccc(S(C)(=O)=O)c1Nc1nccc2c1ccn2CCC1CC1. The summed E-state index contributed by atoms with van der Waals surface area (Å²) in [5, 5.41) is 4.28. The van der Waals surface area contributed by atoms with Crippen molar-refractivity contribution in [3.8, 4) is 0 Å². The van der Waals surface area contributed by atoms with E-state index in [0.717, 1.165) is 28.9 Å². The maximum Gasteiger partial charge on any atom is 0.177 e. The van der Waals surface area contributed by atoms with Gasteiger partial charge in [-0.2, -0.15) is 0 Å².